The van der Waals surface area contributed by atoms with Crippen molar-refractivity contribution in [2.75, 3.05) is 13.1 Å². The minimum Gasteiger partial charge on any atom is -0.478 e. The zero-order valence-corrected chi connectivity index (χ0v) is 21.7. The lowest BCUT2D eigenvalue weighted by Crippen LogP contribution is -2.35. The van der Waals surface area contributed by atoms with Crippen LogP contribution in [0, 0.1) is 12.8 Å². The van der Waals surface area contributed by atoms with Crippen LogP contribution in [0.2, 0.25) is 0 Å². The molecule has 2 N–H and O–H groups in total. The van der Waals surface area contributed by atoms with E-state index in [0.29, 0.717) is 31.6 Å². The first-order valence-corrected chi connectivity index (χ1v) is 13.2. The quantitative estimate of drug-likeness (QED) is 0.366. The van der Waals surface area contributed by atoms with Crippen LogP contribution in [0.3, 0.4) is 0 Å². The Hall–Kier alpha value is -3.65. The molecular weight excluding hydrogens is 505 g/mol. The first-order chi connectivity index (χ1) is 18.6. The van der Waals surface area contributed by atoms with Gasteiger partial charge in [0.15, 0.2) is 0 Å². The van der Waals surface area contributed by atoms with E-state index in [9.17, 15) is 27.9 Å². The summed E-state index contributed by atoms with van der Waals surface area (Å²) in [6, 6.07) is 19.0. The maximum absolute atomic E-state index is 12.9. The number of carboxylic acids is 1. The van der Waals surface area contributed by atoms with Crippen LogP contribution < -0.4 is 5.32 Å². The number of aromatic carboxylic acids is 1. The number of hydrogen-bond acceptors (Lipinski definition) is 3. The van der Waals surface area contributed by atoms with Crippen molar-refractivity contribution in [1.82, 2.24) is 10.2 Å². The van der Waals surface area contributed by atoms with Gasteiger partial charge in [0.2, 0.25) is 5.91 Å². The van der Waals surface area contributed by atoms with Gasteiger partial charge in [-0.3, -0.25) is 9.69 Å². The predicted octanol–water partition coefficient (Wildman–Crippen LogP) is 6.09. The molecule has 1 amide bonds. The summed E-state index contributed by atoms with van der Waals surface area (Å²) >= 11 is 0. The first-order valence-electron chi connectivity index (χ1n) is 13.2. The summed E-state index contributed by atoms with van der Waals surface area (Å²) in [5.74, 6) is -0.886. The van der Waals surface area contributed by atoms with Crippen molar-refractivity contribution in [3.8, 4) is 11.1 Å². The Morgan fingerprint density at radius 2 is 1.77 bits per heavy atom. The number of carbonyl (C=O) groups is 2. The molecule has 0 bridgehead atoms. The van der Waals surface area contributed by atoms with E-state index in [-0.39, 0.29) is 29.9 Å². The summed E-state index contributed by atoms with van der Waals surface area (Å²) in [7, 11) is 0. The van der Waals surface area contributed by atoms with Crippen molar-refractivity contribution in [2.45, 2.75) is 51.4 Å². The Morgan fingerprint density at radius 1 is 1.00 bits per heavy atom. The van der Waals surface area contributed by atoms with Crippen LogP contribution >= 0.6 is 0 Å². The Kier molecular flexibility index (Phi) is 7.49. The molecule has 204 valence electrons. The molecule has 0 radical (unpaired) electrons. The van der Waals surface area contributed by atoms with Crippen LogP contribution in [0.1, 0.15) is 56.9 Å². The molecule has 2 atom stereocenters. The Morgan fingerprint density at radius 3 is 2.49 bits per heavy atom. The van der Waals surface area contributed by atoms with Gasteiger partial charge >= 0.3 is 12.1 Å². The van der Waals surface area contributed by atoms with Crippen LogP contribution in [-0.2, 0) is 24.3 Å². The van der Waals surface area contributed by atoms with Crippen molar-refractivity contribution in [2.24, 2.45) is 5.92 Å². The molecule has 2 unspecified atom stereocenters. The molecule has 5 nitrogen and oxygen atoms in total. The molecular formula is C31H31F3N2O3. The van der Waals surface area contributed by atoms with Gasteiger partial charge in [0.25, 0.3) is 0 Å². The molecule has 5 rings (SSSR count). The number of nitrogens with zero attached hydrogens (tertiary/aromatic N) is 1. The molecule has 1 heterocycles. The highest BCUT2D eigenvalue weighted by molar-refractivity contribution is 5.92. The number of carbonyl (C=O) groups excluding carboxylic acids is 1. The lowest BCUT2D eigenvalue weighted by atomic mass is 9.85. The van der Waals surface area contributed by atoms with E-state index in [0.717, 1.165) is 39.8 Å². The third-order valence-electron chi connectivity index (χ3n) is 7.96. The molecule has 0 saturated heterocycles. The third-order valence-corrected chi connectivity index (χ3v) is 7.96. The SMILES string of the molecule is Cc1c(C(=O)O)cccc1-c1ccc(CNC(=O)C2CC2c2ccccc2)c2c1CCN(CCC(F)(F)F)C2. The second-order valence-electron chi connectivity index (χ2n) is 10.5. The first kappa shape index (κ1) is 26.9. The van der Waals surface area contributed by atoms with Crippen molar-refractivity contribution in [1.29, 1.82) is 0 Å². The average Bonchev–Trinajstić information content (AvgIpc) is 3.72. The summed E-state index contributed by atoms with van der Waals surface area (Å²) in [5.41, 5.74) is 6.50. The van der Waals surface area contributed by atoms with E-state index in [1.807, 2.05) is 48.5 Å². The number of rotatable bonds is 8. The molecule has 1 fully saturated rings. The van der Waals surface area contributed by atoms with Gasteiger partial charge < -0.3 is 10.4 Å². The van der Waals surface area contributed by atoms with E-state index < -0.39 is 18.6 Å². The number of carboxylic acid groups (broad SMARTS) is 1. The summed E-state index contributed by atoms with van der Waals surface area (Å²) in [6.07, 6.45) is -3.76. The van der Waals surface area contributed by atoms with Crippen LogP contribution in [0.15, 0.2) is 60.7 Å². The van der Waals surface area contributed by atoms with Gasteiger partial charge in [0.1, 0.15) is 0 Å². The average molecular weight is 537 g/mol. The summed E-state index contributed by atoms with van der Waals surface area (Å²) in [4.78, 5) is 26.5. The van der Waals surface area contributed by atoms with Crippen molar-refractivity contribution >= 4 is 11.9 Å². The van der Waals surface area contributed by atoms with Crippen LogP contribution in [-0.4, -0.2) is 41.1 Å². The van der Waals surface area contributed by atoms with E-state index >= 15 is 0 Å². The van der Waals surface area contributed by atoms with Crippen LogP contribution in [0.4, 0.5) is 13.2 Å². The van der Waals surface area contributed by atoms with Crippen LogP contribution in [0.5, 0.6) is 0 Å². The minimum absolute atomic E-state index is 0.0172. The molecule has 2 aliphatic rings. The van der Waals surface area contributed by atoms with Gasteiger partial charge in [-0.2, -0.15) is 13.2 Å². The lowest BCUT2D eigenvalue weighted by molar-refractivity contribution is -0.138. The molecule has 3 aromatic rings. The molecule has 1 aliphatic carbocycles. The fourth-order valence-electron chi connectivity index (χ4n) is 5.72. The van der Waals surface area contributed by atoms with E-state index in [2.05, 4.69) is 5.32 Å². The minimum atomic E-state index is -4.23. The zero-order chi connectivity index (χ0) is 27.7. The molecule has 0 spiro atoms. The van der Waals surface area contributed by atoms with Gasteiger partial charge in [-0.15, -0.1) is 0 Å². The molecule has 1 aliphatic heterocycles. The van der Waals surface area contributed by atoms with Crippen molar-refractivity contribution in [3.63, 3.8) is 0 Å². The second kappa shape index (κ2) is 10.8. The highest BCUT2D eigenvalue weighted by Crippen LogP contribution is 2.47. The van der Waals surface area contributed by atoms with Gasteiger partial charge in [0.05, 0.1) is 12.0 Å². The van der Waals surface area contributed by atoms with Crippen molar-refractivity contribution in [3.05, 3.63) is 94.0 Å². The third kappa shape index (κ3) is 6.01. The largest absolute Gasteiger partial charge is 0.478 e. The standard InChI is InChI=1S/C31H31F3N2O3/c1-19-22(8-5-9-23(19)30(38)39)24-11-10-21(28-18-36(14-12-25(24)28)15-13-31(32,33)34)17-35-29(37)27-16-26(27)20-6-3-2-4-7-20/h2-11,26-27H,12-18H2,1H3,(H,35,37)(H,38,39). The number of alkyl halides is 3. The maximum atomic E-state index is 12.9. The Labute approximate surface area is 225 Å². The number of fused-ring (bicyclic) bond motifs is 1. The number of nitrogens with one attached hydrogen (secondary N) is 1. The highest BCUT2D eigenvalue weighted by atomic mass is 19.4. The second-order valence-corrected chi connectivity index (χ2v) is 10.5. The fourth-order valence-corrected chi connectivity index (χ4v) is 5.72. The highest BCUT2D eigenvalue weighted by Gasteiger charge is 2.43. The van der Waals surface area contributed by atoms with Crippen LogP contribution in [0.25, 0.3) is 11.1 Å². The van der Waals surface area contributed by atoms with E-state index in [1.165, 1.54) is 0 Å². The van der Waals surface area contributed by atoms with E-state index in [1.54, 1.807) is 24.0 Å². The zero-order valence-electron chi connectivity index (χ0n) is 21.7. The molecule has 3 aromatic carbocycles. The molecule has 8 heteroatoms. The normalized spacial score (nSPS) is 18.9. The topological polar surface area (TPSA) is 69.6 Å². The number of halogens is 3. The fraction of sp³-hybridized carbons (Fsp3) is 0.355. The lowest BCUT2D eigenvalue weighted by Gasteiger charge is -2.32. The van der Waals surface area contributed by atoms with E-state index in [4.69, 9.17) is 0 Å². The van der Waals surface area contributed by atoms with Gasteiger partial charge in [0, 0.05) is 32.1 Å². The number of hydrogen-bond donors (Lipinski definition) is 2. The summed E-state index contributed by atoms with van der Waals surface area (Å²) in [6.45, 7) is 2.80. The Bertz CT molecular complexity index is 1390. The maximum Gasteiger partial charge on any atom is 0.390 e. The molecule has 39 heavy (non-hydrogen) atoms. The number of amides is 1. The van der Waals surface area contributed by atoms with Crippen molar-refractivity contribution < 1.29 is 27.9 Å². The Balaban J connectivity index is 1.40. The molecule has 1 saturated carbocycles. The van der Waals surface area contributed by atoms with Gasteiger partial charge in [-0.1, -0.05) is 54.6 Å². The monoisotopic (exact) mass is 536 g/mol. The summed E-state index contributed by atoms with van der Waals surface area (Å²) in [5, 5.41) is 12.7. The van der Waals surface area contributed by atoms with Gasteiger partial charge in [-0.05, 0) is 70.7 Å². The predicted molar refractivity (Wildman–Crippen MR) is 142 cm³/mol. The number of benzene rings is 3. The summed E-state index contributed by atoms with van der Waals surface area (Å²) < 4.78 is 38.8. The smallest absolute Gasteiger partial charge is 0.390 e. The molecule has 0 aromatic heterocycles. The van der Waals surface area contributed by atoms with Gasteiger partial charge in [-0.25, -0.2) is 4.79 Å².